The molecule has 1 aromatic heterocycles. The normalized spacial score (nSPS) is 9.69. The first-order chi connectivity index (χ1) is 6.24. The van der Waals surface area contributed by atoms with Crippen LogP contribution in [0, 0.1) is 0 Å². The molecule has 0 spiro atoms. The van der Waals surface area contributed by atoms with E-state index < -0.39 is 0 Å². The highest BCUT2D eigenvalue weighted by atomic mass is 79.9. The smallest absolute Gasteiger partial charge is 0.251 e. The Bertz CT molecular complexity index is 303. The number of nitrogens with one attached hydrogen (secondary N) is 1. The average molecular weight is 244 g/mol. The van der Waals surface area contributed by atoms with Gasteiger partial charge in [0.05, 0.1) is 0 Å². The summed E-state index contributed by atoms with van der Waals surface area (Å²) in [5, 5.41) is 2.66. The number of pyridine rings is 1. The van der Waals surface area contributed by atoms with E-state index in [1.165, 1.54) is 0 Å². The molecule has 0 aliphatic carbocycles. The molecule has 1 amide bonds. The molecule has 0 fully saturated rings. The van der Waals surface area contributed by atoms with Crippen molar-refractivity contribution in [2.45, 2.75) is 0 Å². The zero-order valence-corrected chi connectivity index (χ0v) is 8.54. The maximum atomic E-state index is 11.3. The van der Waals surface area contributed by atoms with Gasteiger partial charge in [0.25, 0.3) is 5.91 Å². The van der Waals surface area contributed by atoms with Crippen molar-refractivity contribution < 1.29 is 4.79 Å². The molecular formula is C8H10BrN3O. The molecule has 3 N–H and O–H groups in total. The molecule has 0 aromatic carbocycles. The number of carbonyl (C=O) groups excluding carboxylic acids is 1. The molecule has 13 heavy (non-hydrogen) atoms. The Morgan fingerprint density at radius 1 is 1.69 bits per heavy atom. The first-order valence-corrected chi connectivity index (χ1v) is 4.63. The third kappa shape index (κ3) is 3.12. The third-order valence-corrected chi connectivity index (χ3v) is 1.85. The van der Waals surface area contributed by atoms with Crippen LogP contribution in [0.1, 0.15) is 10.4 Å². The maximum Gasteiger partial charge on any atom is 0.251 e. The molecule has 0 atom stereocenters. The predicted molar refractivity (Wildman–Crippen MR) is 53.3 cm³/mol. The van der Waals surface area contributed by atoms with Crippen LogP contribution < -0.4 is 11.1 Å². The van der Waals surface area contributed by atoms with Gasteiger partial charge in [-0.3, -0.25) is 4.79 Å². The summed E-state index contributed by atoms with van der Waals surface area (Å²) in [4.78, 5) is 15.3. The number of nitrogens with two attached hydrogens (primary N) is 1. The van der Waals surface area contributed by atoms with Gasteiger partial charge in [0, 0.05) is 24.8 Å². The fraction of sp³-hybridized carbons (Fsp3) is 0.250. The molecule has 1 rings (SSSR count). The monoisotopic (exact) mass is 243 g/mol. The second kappa shape index (κ2) is 4.94. The molecule has 0 unspecified atom stereocenters. The van der Waals surface area contributed by atoms with Crippen LogP contribution >= 0.6 is 15.9 Å². The minimum atomic E-state index is -0.131. The van der Waals surface area contributed by atoms with E-state index in [4.69, 9.17) is 5.73 Å². The van der Waals surface area contributed by atoms with E-state index in [0.29, 0.717) is 23.3 Å². The molecular weight excluding hydrogens is 234 g/mol. The Kier molecular flexibility index (Phi) is 3.85. The Labute approximate surface area is 84.7 Å². The van der Waals surface area contributed by atoms with E-state index in [0.717, 1.165) is 0 Å². The van der Waals surface area contributed by atoms with E-state index in [2.05, 4.69) is 26.2 Å². The first-order valence-electron chi connectivity index (χ1n) is 3.84. The SMILES string of the molecule is NCCNC(=O)c1ccnc(Br)c1. The van der Waals surface area contributed by atoms with E-state index >= 15 is 0 Å². The van der Waals surface area contributed by atoms with Crippen molar-refractivity contribution in [3.63, 3.8) is 0 Å². The summed E-state index contributed by atoms with van der Waals surface area (Å²) in [6, 6.07) is 3.31. The van der Waals surface area contributed by atoms with Crippen molar-refractivity contribution in [3.05, 3.63) is 28.5 Å². The van der Waals surface area contributed by atoms with Gasteiger partial charge < -0.3 is 11.1 Å². The lowest BCUT2D eigenvalue weighted by Gasteiger charge is -2.02. The summed E-state index contributed by atoms with van der Waals surface area (Å²) in [6.07, 6.45) is 1.57. The Balaban J connectivity index is 2.66. The highest BCUT2D eigenvalue weighted by Crippen LogP contribution is 2.07. The second-order valence-corrected chi connectivity index (χ2v) is 3.22. The molecule has 0 radical (unpaired) electrons. The van der Waals surface area contributed by atoms with Gasteiger partial charge >= 0.3 is 0 Å². The van der Waals surface area contributed by atoms with Crippen LogP contribution in [0.25, 0.3) is 0 Å². The zero-order valence-electron chi connectivity index (χ0n) is 6.96. The van der Waals surface area contributed by atoms with Gasteiger partial charge in [-0.25, -0.2) is 4.98 Å². The van der Waals surface area contributed by atoms with Gasteiger partial charge in [0.2, 0.25) is 0 Å². The molecule has 5 heteroatoms. The molecule has 4 nitrogen and oxygen atoms in total. The Morgan fingerprint density at radius 3 is 3.08 bits per heavy atom. The minimum absolute atomic E-state index is 0.131. The lowest BCUT2D eigenvalue weighted by Crippen LogP contribution is -2.28. The Hall–Kier alpha value is -0.940. The van der Waals surface area contributed by atoms with Crippen LogP contribution in [0.15, 0.2) is 22.9 Å². The van der Waals surface area contributed by atoms with Crippen molar-refractivity contribution in [3.8, 4) is 0 Å². The summed E-state index contributed by atoms with van der Waals surface area (Å²) in [7, 11) is 0. The van der Waals surface area contributed by atoms with E-state index in [1.807, 2.05) is 0 Å². The Morgan fingerprint density at radius 2 is 2.46 bits per heavy atom. The highest BCUT2D eigenvalue weighted by Gasteiger charge is 2.03. The number of nitrogens with zero attached hydrogens (tertiary/aromatic N) is 1. The summed E-state index contributed by atoms with van der Waals surface area (Å²) in [5.41, 5.74) is 5.83. The highest BCUT2D eigenvalue weighted by molar-refractivity contribution is 9.10. The fourth-order valence-electron chi connectivity index (χ4n) is 0.831. The largest absolute Gasteiger partial charge is 0.351 e. The molecule has 0 aliphatic heterocycles. The van der Waals surface area contributed by atoms with Crippen LogP contribution in [0.3, 0.4) is 0 Å². The fourth-order valence-corrected chi connectivity index (χ4v) is 1.20. The van der Waals surface area contributed by atoms with Crippen LogP contribution in [-0.2, 0) is 0 Å². The van der Waals surface area contributed by atoms with Gasteiger partial charge in [0.15, 0.2) is 0 Å². The lowest BCUT2D eigenvalue weighted by atomic mass is 10.2. The number of aromatic nitrogens is 1. The second-order valence-electron chi connectivity index (χ2n) is 2.41. The van der Waals surface area contributed by atoms with Gasteiger partial charge in [-0.15, -0.1) is 0 Å². The van der Waals surface area contributed by atoms with Crippen molar-refractivity contribution in [1.29, 1.82) is 0 Å². The summed E-state index contributed by atoms with van der Waals surface area (Å²) < 4.78 is 0.646. The van der Waals surface area contributed by atoms with Gasteiger partial charge in [-0.1, -0.05) is 0 Å². The number of hydrogen-bond acceptors (Lipinski definition) is 3. The lowest BCUT2D eigenvalue weighted by molar-refractivity contribution is 0.0954. The number of carbonyl (C=O) groups is 1. The van der Waals surface area contributed by atoms with E-state index in [-0.39, 0.29) is 5.91 Å². The van der Waals surface area contributed by atoms with Crippen LogP contribution in [0.5, 0.6) is 0 Å². The van der Waals surface area contributed by atoms with Crippen molar-refractivity contribution in [2.75, 3.05) is 13.1 Å². The van der Waals surface area contributed by atoms with Gasteiger partial charge in [0.1, 0.15) is 4.60 Å². The quantitative estimate of drug-likeness (QED) is 0.762. The van der Waals surface area contributed by atoms with Crippen molar-refractivity contribution >= 4 is 21.8 Å². The van der Waals surface area contributed by atoms with E-state index in [1.54, 1.807) is 18.3 Å². The molecule has 0 saturated carbocycles. The molecule has 0 bridgehead atoms. The summed E-state index contributed by atoms with van der Waals surface area (Å²) >= 11 is 3.18. The van der Waals surface area contributed by atoms with Gasteiger partial charge in [-0.2, -0.15) is 0 Å². The summed E-state index contributed by atoms with van der Waals surface area (Å²) in [6.45, 7) is 0.927. The number of halogens is 1. The predicted octanol–water partition coefficient (Wildman–Crippen LogP) is 0.533. The molecule has 1 heterocycles. The van der Waals surface area contributed by atoms with Crippen molar-refractivity contribution in [1.82, 2.24) is 10.3 Å². The van der Waals surface area contributed by atoms with Crippen LogP contribution in [-0.4, -0.2) is 24.0 Å². The van der Waals surface area contributed by atoms with Crippen LogP contribution in [0.4, 0.5) is 0 Å². The topological polar surface area (TPSA) is 68.0 Å². The molecule has 0 aliphatic rings. The first kappa shape index (κ1) is 10.1. The minimum Gasteiger partial charge on any atom is -0.351 e. The molecule has 70 valence electrons. The summed E-state index contributed by atoms with van der Waals surface area (Å²) in [5.74, 6) is -0.131. The standard InChI is InChI=1S/C8H10BrN3O/c9-7-5-6(1-3-11-7)8(13)12-4-2-10/h1,3,5H,2,4,10H2,(H,12,13). The number of hydrogen-bond donors (Lipinski definition) is 2. The van der Waals surface area contributed by atoms with Gasteiger partial charge in [-0.05, 0) is 28.1 Å². The number of rotatable bonds is 3. The maximum absolute atomic E-state index is 11.3. The van der Waals surface area contributed by atoms with E-state index in [9.17, 15) is 4.79 Å². The average Bonchev–Trinajstić information content (AvgIpc) is 2.14. The molecule has 1 aromatic rings. The van der Waals surface area contributed by atoms with Crippen LogP contribution in [0.2, 0.25) is 0 Å². The van der Waals surface area contributed by atoms with Crippen molar-refractivity contribution in [2.24, 2.45) is 5.73 Å². The third-order valence-electron chi connectivity index (χ3n) is 1.42. The zero-order chi connectivity index (χ0) is 9.68. The number of amides is 1. The molecule has 0 saturated heterocycles.